The average molecular weight is 494 g/mol. The summed E-state index contributed by atoms with van der Waals surface area (Å²) < 4.78 is 17.5. The Hall–Kier alpha value is -2.33. The highest BCUT2D eigenvalue weighted by Crippen LogP contribution is 2.27. The number of methoxy groups -OCH3 is 2. The van der Waals surface area contributed by atoms with Gasteiger partial charge in [0.2, 0.25) is 0 Å². The number of aromatic nitrogens is 2. The van der Waals surface area contributed by atoms with Crippen molar-refractivity contribution in [2.75, 3.05) is 79.1 Å². The Labute approximate surface area is 206 Å². The molecule has 1 aromatic carbocycles. The molecule has 10 heteroatoms. The summed E-state index contributed by atoms with van der Waals surface area (Å²) in [6.45, 7) is 7.00. The van der Waals surface area contributed by atoms with E-state index in [1.165, 1.54) is 10.2 Å². The summed E-state index contributed by atoms with van der Waals surface area (Å²) in [6, 6.07) is 6.01. The summed E-state index contributed by atoms with van der Waals surface area (Å²) >= 11 is 6.26. The summed E-state index contributed by atoms with van der Waals surface area (Å²) in [5, 5.41) is 7.78. The second kappa shape index (κ2) is 13.5. The van der Waals surface area contributed by atoms with Crippen molar-refractivity contribution >= 4 is 17.3 Å². The molecule has 0 amide bonds. The zero-order valence-corrected chi connectivity index (χ0v) is 21.1. The minimum atomic E-state index is -0.178. The quantitative estimate of drug-likeness (QED) is 0.425. The first-order chi connectivity index (χ1) is 16.5. The summed E-state index contributed by atoms with van der Waals surface area (Å²) in [5.41, 5.74) is 1.44. The predicted octanol–water partition coefficient (Wildman–Crippen LogP) is 2.22. The number of likely N-dealkylation sites (N-methyl/N-ethyl adjacent to an activating group) is 1. The van der Waals surface area contributed by atoms with Gasteiger partial charge in [-0.05, 0) is 44.1 Å². The van der Waals surface area contributed by atoms with Crippen LogP contribution in [0.4, 0.5) is 5.69 Å². The average Bonchev–Trinajstić information content (AvgIpc) is 2.86. The lowest BCUT2D eigenvalue weighted by Crippen LogP contribution is -2.40. The van der Waals surface area contributed by atoms with Gasteiger partial charge in [-0.3, -0.25) is 9.69 Å². The molecular weight excluding hydrogens is 458 g/mol. The summed E-state index contributed by atoms with van der Waals surface area (Å²) in [4.78, 5) is 17.4. The number of nitrogens with one attached hydrogen (secondary N) is 1. The summed E-state index contributed by atoms with van der Waals surface area (Å²) in [5.74, 6) is 1.48. The summed E-state index contributed by atoms with van der Waals surface area (Å²) in [6.07, 6.45) is 3.34. The number of hydrogen-bond acceptors (Lipinski definition) is 8. The van der Waals surface area contributed by atoms with E-state index in [9.17, 15) is 4.79 Å². The van der Waals surface area contributed by atoms with Crippen molar-refractivity contribution in [2.45, 2.75) is 19.4 Å². The van der Waals surface area contributed by atoms with Crippen LogP contribution in [0.2, 0.25) is 5.02 Å². The number of anilines is 1. The Morgan fingerprint density at radius 2 is 1.91 bits per heavy atom. The molecule has 0 aliphatic carbocycles. The molecular formula is C24H36ClN5O4. The van der Waals surface area contributed by atoms with Crippen LogP contribution in [0, 0.1) is 0 Å². The Balaban J connectivity index is 1.42. The number of morpholine rings is 1. The van der Waals surface area contributed by atoms with Crippen molar-refractivity contribution in [1.29, 1.82) is 0 Å². The second-order valence-electron chi connectivity index (χ2n) is 8.37. The van der Waals surface area contributed by atoms with Gasteiger partial charge in [-0.15, -0.1) is 0 Å². The van der Waals surface area contributed by atoms with E-state index in [1.807, 2.05) is 12.1 Å². The molecule has 1 aliphatic heterocycles. The Morgan fingerprint density at radius 1 is 1.15 bits per heavy atom. The Kier molecular flexibility index (Phi) is 10.5. The number of halogens is 1. The standard InChI is InChI=1S/C24H36ClN5O4/c1-28(10-7-19-5-6-21(32-2)22(17-19)33-3)9-4-8-26-23-20(25)18-27-30(24(23)31)12-11-29-13-15-34-16-14-29/h5-6,17-18,26H,4,7-16H2,1-3H3. The van der Waals surface area contributed by atoms with Crippen LogP contribution in [-0.4, -0.2) is 93.3 Å². The molecule has 2 heterocycles. The smallest absolute Gasteiger partial charge is 0.291 e. The predicted molar refractivity (Wildman–Crippen MR) is 135 cm³/mol. The molecule has 188 valence electrons. The van der Waals surface area contributed by atoms with Crippen molar-refractivity contribution in [3.63, 3.8) is 0 Å². The maximum Gasteiger partial charge on any atom is 0.291 e. The number of hydrogen-bond donors (Lipinski definition) is 1. The molecule has 0 spiro atoms. The monoisotopic (exact) mass is 493 g/mol. The Morgan fingerprint density at radius 3 is 2.65 bits per heavy atom. The minimum Gasteiger partial charge on any atom is -0.493 e. The fourth-order valence-corrected chi connectivity index (χ4v) is 4.07. The van der Waals surface area contributed by atoms with E-state index in [0.717, 1.165) is 70.3 Å². The van der Waals surface area contributed by atoms with Crippen molar-refractivity contribution in [3.8, 4) is 11.5 Å². The van der Waals surface area contributed by atoms with E-state index >= 15 is 0 Å². The second-order valence-corrected chi connectivity index (χ2v) is 8.78. The van der Waals surface area contributed by atoms with Crippen LogP contribution in [0.25, 0.3) is 0 Å². The molecule has 0 unspecified atom stereocenters. The van der Waals surface area contributed by atoms with Crippen LogP contribution in [-0.2, 0) is 17.7 Å². The molecule has 3 rings (SSSR count). The van der Waals surface area contributed by atoms with E-state index in [1.54, 1.807) is 20.4 Å². The SMILES string of the molecule is COc1ccc(CCN(C)CCCNc2c(Cl)cnn(CCN3CCOCC3)c2=O)cc1OC. The molecule has 1 fully saturated rings. The van der Waals surface area contributed by atoms with Crippen LogP contribution in [0.1, 0.15) is 12.0 Å². The first-order valence-corrected chi connectivity index (χ1v) is 12.1. The fourth-order valence-electron chi connectivity index (χ4n) is 3.88. The topological polar surface area (TPSA) is 81.1 Å². The molecule has 9 nitrogen and oxygen atoms in total. The van der Waals surface area contributed by atoms with Gasteiger partial charge >= 0.3 is 0 Å². The van der Waals surface area contributed by atoms with Crippen molar-refractivity contribution in [3.05, 3.63) is 45.3 Å². The molecule has 1 aromatic heterocycles. The van der Waals surface area contributed by atoms with E-state index in [4.69, 9.17) is 25.8 Å². The molecule has 0 atom stereocenters. The molecule has 0 bridgehead atoms. The van der Waals surface area contributed by atoms with Gasteiger partial charge in [0, 0.05) is 32.7 Å². The van der Waals surface area contributed by atoms with Crippen LogP contribution in [0.15, 0.2) is 29.2 Å². The van der Waals surface area contributed by atoms with Gasteiger partial charge < -0.3 is 24.4 Å². The largest absolute Gasteiger partial charge is 0.493 e. The number of nitrogens with zero attached hydrogens (tertiary/aromatic N) is 4. The number of benzene rings is 1. The minimum absolute atomic E-state index is 0.178. The summed E-state index contributed by atoms with van der Waals surface area (Å²) in [7, 11) is 5.38. The van der Waals surface area contributed by atoms with E-state index in [2.05, 4.69) is 33.3 Å². The van der Waals surface area contributed by atoms with Gasteiger partial charge in [-0.1, -0.05) is 17.7 Å². The normalized spacial score (nSPS) is 14.4. The third kappa shape index (κ3) is 7.59. The molecule has 1 N–H and O–H groups in total. The molecule has 2 aromatic rings. The van der Waals surface area contributed by atoms with Gasteiger partial charge in [-0.2, -0.15) is 5.10 Å². The van der Waals surface area contributed by atoms with Gasteiger partial charge in [-0.25, -0.2) is 4.68 Å². The van der Waals surface area contributed by atoms with E-state index in [0.29, 0.717) is 23.8 Å². The van der Waals surface area contributed by atoms with Crippen LogP contribution >= 0.6 is 11.6 Å². The molecule has 1 saturated heterocycles. The zero-order chi connectivity index (χ0) is 24.3. The highest BCUT2D eigenvalue weighted by molar-refractivity contribution is 6.32. The first kappa shape index (κ1) is 26.3. The Bertz CT molecular complexity index is 965. The van der Waals surface area contributed by atoms with Crippen LogP contribution < -0.4 is 20.3 Å². The van der Waals surface area contributed by atoms with Gasteiger partial charge in [0.25, 0.3) is 5.56 Å². The van der Waals surface area contributed by atoms with Crippen molar-refractivity contribution in [1.82, 2.24) is 19.6 Å². The zero-order valence-electron chi connectivity index (χ0n) is 20.4. The third-order valence-electron chi connectivity index (χ3n) is 5.98. The fraction of sp³-hybridized carbons (Fsp3) is 0.583. The molecule has 0 saturated carbocycles. The number of ether oxygens (including phenoxy) is 3. The lowest BCUT2D eigenvalue weighted by molar-refractivity contribution is 0.0358. The molecule has 34 heavy (non-hydrogen) atoms. The van der Waals surface area contributed by atoms with Gasteiger partial charge in [0.15, 0.2) is 11.5 Å². The van der Waals surface area contributed by atoms with Crippen LogP contribution in [0.3, 0.4) is 0 Å². The number of rotatable bonds is 13. The maximum absolute atomic E-state index is 12.8. The van der Waals surface area contributed by atoms with Crippen molar-refractivity contribution < 1.29 is 14.2 Å². The molecule has 1 aliphatic rings. The lowest BCUT2D eigenvalue weighted by atomic mass is 10.1. The van der Waals surface area contributed by atoms with Gasteiger partial charge in [0.1, 0.15) is 5.69 Å². The highest BCUT2D eigenvalue weighted by Gasteiger charge is 2.13. The van der Waals surface area contributed by atoms with Crippen LogP contribution in [0.5, 0.6) is 11.5 Å². The van der Waals surface area contributed by atoms with Crippen molar-refractivity contribution in [2.24, 2.45) is 0 Å². The molecule has 0 radical (unpaired) electrons. The van der Waals surface area contributed by atoms with E-state index < -0.39 is 0 Å². The van der Waals surface area contributed by atoms with E-state index in [-0.39, 0.29) is 5.56 Å². The maximum atomic E-state index is 12.8. The first-order valence-electron chi connectivity index (χ1n) is 11.7. The lowest BCUT2D eigenvalue weighted by Gasteiger charge is -2.26. The highest BCUT2D eigenvalue weighted by atomic mass is 35.5. The van der Waals surface area contributed by atoms with Gasteiger partial charge in [0.05, 0.1) is 45.2 Å². The third-order valence-corrected chi connectivity index (χ3v) is 6.26.